The van der Waals surface area contributed by atoms with E-state index in [1.807, 2.05) is 49.4 Å². The minimum atomic E-state index is -0.591. The summed E-state index contributed by atoms with van der Waals surface area (Å²) in [7, 11) is 0. The molecule has 2 aromatic carbocycles. The van der Waals surface area contributed by atoms with Gasteiger partial charge in [0.05, 0.1) is 6.42 Å². The van der Waals surface area contributed by atoms with Gasteiger partial charge in [-0.1, -0.05) is 58.4 Å². The van der Waals surface area contributed by atoms with E-state index in [1.165, 1.54) is 0 Å². The van der Waals surface area contributed by atoms with Gasteiger partial charge in [-0.05, 0) is 30.2 Å². The van der Waals surface area contributed by atoms with Gasteiger partial charge in [-0.2, -0.15) is 0 Å². The van der Waals surface area contributed by atoms with E-state index in [9.17, 15) is 4.79 Å². The lowest BCUT2D eigenvalue weighted by molar-refractivity contribution is -0.148. The Balaban J connectivity index is 2.04. The standard InChI is InChI=1S/C17H15BrO2/c1-17(13-5-3-2-4-6-13)15(11-16(19)20-17)12-7-9-14(18)10-8-12/h2-10,15H,11H2,1H3/t15-,17+/m0/s1. The van der Waals surface area contributed by atoms with Crippen molar-refractivity contribution in [3.63, 3.8) is 0 Å². The fraction of sp³-hybridized carbons (Fsp3) is 0.235. The first kappa shape index (κ1) is 13.4. The SMILES string of the molecule is C[C@]1(c2ccccc2)OC(=O)C[C@H]1c1ccc(Br)cc1. The molecule has 0 aromatic heterocycles. The molecule has 1 aliphatic heterocycles. The molecule has 2 aromatic rings. The predicted octanol–water partition coefficient (Wildman–Crippen LogP) is 4.40. The number of cyclic esters (lactones) is 1. The van der Waals surface area contributed by atoms with E-state index in [1.54, 1.807) is 0 Å². The molecule has 0 spiro atoms. The molecule has 0 N–H and O–H groups in total. The minimum absolute atomic E-state index is 0.0468. The topological polar surface area (TPSA) is 26.3 Å². The van der Waals surface area contributed by atoms with Crippen LogP contribution in [-0.2, 0) is 15.1 Å². The summed E-state index contributed by atoms with van der Waals surface area (Å²) in [5.74, 6) is -0.0882. The van der Waals surface area contributed by atoms with E-state index in [0.717, 1.165) is 15.6 Å². The zero-order chi connectivity index (χ0) is 14.2. The Morgan fingerprint density at radius 3 is 2.40 bits per heavy atom. The van der Waals surface area contributed by atoms with Crippen LogP contribution in [0.2, 0.25) is 0 Å². The van der Waals surface area contributed by atoms with Gasteiger partial charge in [-0.3, -0.25) is 4.79 Å². The maximum atomic E-state index is 11.9. The van der Waals surface area contributed by atoms with Crippen LogP contribution in [0.3, 0.4) is 0 Å². The van der Waals surface area contributed by atoms with Crippen LogP contribution in [0.5, 0.6) is 0 Å². The van der Waals surface area contributed by atoms with Gasteiger partial charge in [-0.25, -0.2) is 0 Å². The highest BCUT2D eigenvalue weighted by Crippen LogP contribution is 2.47. The average Bonchev–Trinajstić information content (AvgIpc) is 2.77. The molecule has 3 rings (SSSR count). The van der Waals surface area contributed by atoms with Crippen LogP contribution in [0.25, 0.3) is 0 Å². The van der Waals surface area contributed by atoms with Crippen LogP contribution in [0.1, 0.15) is 30.4 Å². The molecule has 0 bridgehead atoms. The molecule has 0 aliphatic carbocycles. The summed E-state index contributed by atoms with van der Waals surface area (Å²) in [5.41, 5.74) is 1.58. The lowest BCUT2D eigenvalue weighted by Crippen LogP contribution is -2.27. The van der Waals surface area contributed by atoms with Crippen molar-refractivity contribution in [3.8, 4) is 0 Å². The lowest BCUT2D eigenvalue weighted by Gasteiger charge is -2.30. The molecule has 2 atom stereocenters. The second kappa shape index (κ2) is 5.06. The second-order valence-electron chi connectivity index (χ2n) is 5.26. The van der Waals surface area contributed by atoms with Gasteiger partial charge in [0.15, 0.2) is 0 Å². The lowest BCUT2D eigenvalue weighted by atomic mass is 9.79. The molecule has 1 aliphatic rings. The summed E-state index contributed by atoms with van der Waals surface area (Å²) in [6.45, 7) is 2.00. The highest BCUT2D eigenvalue weighted by Gasteiger charge is 2.47. The first-order valence-electron chi connectivity index (χ1n) is 6.62. The van der Waals surface area contributed by atoms with Crippen molar-refractivity contribution >= 4 is 21.9 Å². The Hall–Kier alpha value is -1.61. The maximum Gasteiger partial charge on any atom is 0.307 e. The highest BCUT2D eigenvalue weighted by molar-refractivity contribution is 9.10. The number of hydrogen-bond acceptors (Lipinski definition) is 2. The van der Waals surface area contributed by atoms with E-state index in [-0.39, 0.29) is 11.9 Å². The largest absolute Gasteiger partial charge is 0.454 e. The summed E-state index contributed by atoms with van der Waals surface area (Å²) < 4.78 is 6.72. The van der Waals surface area contributed by atoms with E-state index < -0.39 is 5.60 Å². The molecule has 20 heavy (non-hydrogen) atoms. The van der Waals surface area contributed by atoms with E-state index in [2.05, 4.69) is 28.1 Å². The quantitative estimate of drug-likeness (QED) is 0.763. The normalized spacial score (nSPS) is 25.5. The summed E-state index contributed by atoms with van der Waals surface area (Å²) >= 11 is 3.44. The molecule has 1 saturated heterocycles. The first-order valence-corrected chi connectivity index (χ1v) is 7.42. The molecule has 0 saturated carbocycles. The van der Waals surface area contributed by atoms with Gasteiger partial charge in [0.25, 0.3) is 0 Å². The van der Waals surface area contributed by atoms with Crippen molar-refractivity contribution < 1.29 is 9.53 Å². The van der Waals surface area contributed by atoms with Crippen LogP contribution in [-0.4, -0.2) is 5.97 Å². The predicted molar refractivity (Wildman–Crippen MR) is 81.4 cm³/mol. The Morgan fingerprint density at radius 2 is 1.75 bits per heavy atom. The molecule has 2 nitrogen and oxygen atoms in total. The van der Waals surface area contributed by atoms with E-state index in [4.69, 9.17) is 4.74 Å². The number of halogens is 1. The second-order valence-corrected chi connectivity index (χ2v) is 6.17. The average molecular weight is 331 g/mol. The first-order chi connectivity index (χ1) is 9.59. The van der Waals surface area contributed by atoms with Crippen molar-refractivity contribution in [2.24, 2.45) is 0 Å². The van der Waals surface area contributed by atoms with Crippen molar-refractivity contribution in [1.29, 1.82) is 0 Å². The molecule has 1 heterocycles. The van der Waals surface area contributed by atoms with Gasteiger partial charge in [-0.15, -0.1) is 0 Å². The molecule has 1 fully saturated rings. The van der Waals surface area contributed by atoms with Crippen LogP contribution in [0.4, 0.5) is 0 Å². The van der Waals surface area contributed by atoms with Crippen LogP contribution in [0.15, 0.2) is 59.1 Å². The van der Waals surface area contributed by atoms with Gasteiger partial charge >= 0.3 is 5.97 Å². The summed E-state index contributed by atoms with van der Waals surface area (Å²) in [6.07, 6.45) is 0.424. The van der Waals surface area contributed by atoms with Gasteiger partial charge < -0.3 is 4.74 Å². The number of carbonyl (C=O) groups is 1. The summed E-state index contributed by atoms with van der Waals surface area (Å²) in [5, 5.41) is 0. The van der Waals surface area contributed by atoms with E-state index in [0.29, 0.717) is 6.42 Å². The fourth-order valence-electron chi connectivity index (χ4n) is 2.87. The third-order valence-electron chi connectivity index (χ3n) is 3.98. The molecule has 0 unspecified atom stereocenters. The van der Waals surface area contributed by atoms with Crippen molar-refractivity contribution in [2.45, 2.75) is 24.9 Å². The van der Waals surface area contributed by atoms with Crippen LogP contribution in [0, 0.1) is 0 Å². The van der Waals surface area contributed by atoms with Gasteiger partial charge in [0.2, 0.25) is 0 Å². The zero-order valence-electron chi connectivity index (χ0n) is 11.2. The molecular weight excluding hydrogens is 316 g/mol. The number of esters is 1. The molecule has 102 valence electrons. The molecular formula is C17H15BrO2. The molecule has 0 radical (unpaired) electrons. The zero-order valence-corrected chi connectivity index (χ0v) is 12.8. The van der Waals surface area contributed by atoms with Crippen LogP contribution >= 0.6 is 15.9 Å². The Morgan fingerprint density at radius 1 is 1.10 bits per heavy atom. The summed E-state index contributed by atoms with van der Waals surface area (Å²) in [6, 6.07) is 18.1. The smallest absolute Gasteiger partial charge is 0.307 e. The third kappa shape index (κ3) is 2.27. The van der Waals surface area contributed by atoms with Crippen LogP contribution < -0.4 is 0 Å². The number of hydrogen-bond donors (Lipinski definition) is 0. The Labute approximate surface area is 126 Å². The molecule has 3 heteroatoms. The van der Waals surface area contributed by atoms with Crippen molar-refractivity contribution in [2.75, 3.05) is 0 Å². The number of carbonyl (C=O) groups excluding carboxylic acids is 1. The number of ether oxygens (including phenoxy) is 1. The monoisotopic (exact) mass is 330 g/mol. The summed E-state index contributed by atoms with van der Waals surface area (Å²) in [4.78, 5) is 11.9. The fourth-order valence-corrected chi connectivity index (χ4v) is 3.14. The minimum Gasteiger partial charge on any atom is -0.454 e. The maximum absolute atomic E-state index is 11.9. The molecule has 0 amide bonds. The van der Waals surface area contributed by atoms with Gasteiger partial charge in [0.1, 0.15) is 5.60 Å². The third-order valence-corrected chi connectivity index (χ3v) is 4.51. The van der Waals surface area contributed by atoms with Crippen molar-refractivity contribution in [1.82, 2.24) is 0 Å². The Kier molecular flexibility index (Phi) is 3.38. The highest BCUT2D eigenvalue weighted by atomic mass is 79.9. The van der Waals surface area contributed by atoms with Gasteiger partial charge in [0, 0.05) is 10.4 Å². The number of benzene rings is 2. The van der Waals surface area contributed by atoms with Crippen molar-refractivity contribution in [3.05, 3.63) is 70.2 Å². The number of rotatable bonds is 2. The van der Waals surface area contributed by atoms with E-state index >= 15 is 0 Å². The Bertz CT molecular complexity index is 621.